The summed E-state index contributed by atoms with van der Waals surface area (Å²) in [6, 6.07) is 54.8. The Hall–Kier alpha value is -14.7. The molecule has 0 amide bonds. The van der Waals surface area contributed by atoms with Gasteiger partial charge in [-0.2, -0.15) is 0 Å². The first-order chi connectivity index (χ1) is 66.6. The van der Waals surface area contributed by atoms with Crippen molar-refractivity contribution in [2.45, 2.75) is 34.2 Å². The van der Waals surface area contributed by atoms with E-state index in [0.717, 1.165) is 203 Å². The summed E-state index contributed by atoms with van der Waals surface area (Å²) in [7, 11) is 4.05. The molecule has 0 atom stereocenters. The van der Waals surface area contributed by atoms with E-state index < -0.39 is 28.5 Å². The summed E-state index contributed by atoms with van der Waals surface area (Å²) in [5.41, 5.74) is 14.5. The highest BCUT2D eigenvalue weighted by atomic mass is 32.1. The van der Waals surface area contributed by atoms with E-state index in [4.69, 9.17) is 27.2 Å². The van der Waals surface area contributed by atoms with E-state index in [1.165, 1.54) is 28.3 Å². The van der Waals surface area contributed by atoms with Crippen LogP contribution in [0.15, 0.2) is 272 Å². The Kier molecular flexibility index (Phi) is 25.6. The Morgan fingerprint density at radius 2 is 0.898 bits per heavy atom. The quantitative estimate of drug-likeness (QED) is 0.0852. The van der Waals surface area contributed by atoms with E-state index in [1.807, 2.05) is 188 Å². The highest BCUT2D eigenvalue weighted by molar-refractivity contribution is 7.21. The third kappa shape index (κ3) is 19.3. The second-order valence-electron chi connectivity index (χ2n) is 34.7. The van der Waals surface area contributed by atoms with Gasteiger partial charge in [0.25, 0.3) is 0 Å². The fourth-order valence-corrected chi connectivity index (χ4v) is 19.8. The Labute approximate surface area is 790 Å². The lowest BCUT2D eigenvalue weighted by Crippen LogP contribution is -2.46. The number of thiazole rings is 2. The largest absolute Gasteiger partial charge is 0.422 e. The smallest absolute Gasteiger partial charge is 0.346 e. The molecule has 14 aromatic heterocycles. The van der Waals surface area contributed by atoms with E-state index in [-0.39, 0.29) is 29.2 Å². The molecule has 3 N–H and O–H groups in total. The predicted octanol–water partition coefficient (Wildman–Crippen LogP) is 15.9. The number of halogens is 2. The molecule has 0 spiro atoms. The van der Waals surface area contributed by atoms with Gasteiger partial charge in [0.1, 0.15) is 38.6 Å². The molecule has 20 aromatic rings. The van der Waals surface area contributed by atoms with Crippen LogP contribution in [0.2, 0.25) is 0 Å². The molecule has 0 aliphatic carbocycles. The zero-order chi connectivity index (χ0) is 94.2. The number of para-hydroxylation sites is 1. The van der Waals surface area contributed by atoms with Gasteiger partial charge in [-0.3, -0.25) is 9.30 Å². The van der Waals surface area contributed by atoms with Gasteiger partial charge in [-0.15, -0.1) is 22.7 Å². The number of hydrogen-bond acceptors (Lipinski definition) is 27. The maximum absolute atomic E-state index is 13.9. The van der Waals surface area contributed by atoms with Crippen LogP contribution in [0.4, 0.5) is 31.5 Å². The van der Waals surface area contributed by atoms with E-state index in [9.17, 15) is 32.8 Å². The highest BCUT2D eigenvalue weighted by Gasteiger charge is 2.26. The van der Waals surface area contributed by atoms with Crippen molar-refractivity contribution in [3.05, 3.63) is 311 Å². The average molecular weight is 1880 g/mol. The number of aliphatic hydroxyl groups excluding tert-OH is 1. The number of pyridine rings is 3. The highest BCUT2D eigenvalue weighted by Crippen LogP contribution is 2.37. The van der Waals surface area contributed by atoms with Crippen molar-refractivity contribution in [2.24, 2.45) is 0 Å². The van der Waals surface area contributed by atoms with Crippen LogP contribution in [0, 0.1) is 32.4 Å². The number of rotatable bonds is 14. The number of aliphatic hydroxyl groups is 1. The molecular formula is C104H98F2N18O11S2. The summed E-state index contributed by atoms with van der Waals surface area (Å²) in [6.07, 6.45) is 14.4. The summed E-state index contributed by atoms with van der Waals surface area (Å²) in [6.45, 7) is 26.3. The third-order valence-electron chi connectivity index (χ3n) is 25.4. The number of hydrogen-bond donors (Lipinski definition) is 3. The van der Waals surface area contributed by atoms with Gasteiger partial charge in [0, 0.05) is 246 Å². The van der Waals surface area contributed by atoms with Crippen molar-refractivity contribution in [1.82, 2.24) is 67.9 Å². The number of imidazole rings is 4. The van der Waals surface area contributed by atoms with E-state index in [1.54, 1.807) is 69.2 Å². The monoisotopic (exact) mass is 1880 g/mol. The molecule has 0 unspecified atom stereocenters. The van der Waals surface area contributed by atoms with Crippen LogP contribution in [0.25, 0.3) is 143 Å². The number of fused-ring (bicyclic) bond motifs is 10. The minimum absolute atomic E-state index is 0.112. The standard InChI is InChI=1S/C21H19FN4O2.C21H22N4O2S.C21H21N3O3.C21H19N3O2S.C20H17FN4O2/c1-24-7-9-25(10-8-24)15-5-4-14-11-16(21(27)28-19(14)12-15)18-13-26-6-2-3-17(22)20(26)23-18;1-3-23-6-8-24(9-7-23)16-5-4-15-10-17(20(26)27-19(15)11-16)18-13-25-12-14(2)28-21(25)22-18;1-14-3-6-20-22-18(13-24(20)11-14)17-10-16-5-4-15(12-23(2)7-8-25)9-19(16)27-21(17)26;1-13-15-7-6-14(24-10-8-22-9-11-24)12-17(15)26-21(25)19(13)20-23-16-4-2-3-5-18(16)27-20;21-16-2-1-7-25-12-17(23-19(16)25)15-10-13-3-4-14(11-18(13)27-20(15)26)24-8-5-22-6-9-24/h2-6,11-13H,7-10H2,1H3;4-5,10-13H,3,6-9H2,1-2H3;3-6,9-11,13,25H,7-8,12H2,1-2H3;2-7,12,22H,8-11H2,1H3;1-4,7,10-12,22H,5-6,8-9H2. The lowest BCUT2D eigenvalue weighted by molar-refractivity contribution is 0.217. The Balaban J connectivity index is 0.000000106. The van der Waals surface area contributed by atoms with Crippen LogP contribution < -0.4 is 58.4 Å². The number of piperazine rings is 4. The zero-order valence-electron chi connectivity index (χ0n) is 76.3. The van der Waals surface area contributed by atoms with Gasteiger partial charge < -0.3 is 80.4 Å². The third-order valence-corrected chi connectivity index (χ3v) is 27.4. The summed E-state index contributed by atoms with van der Waals surface area (Å²) >= 11 is 3.13. The van der Waals surface area contributed by atoms with Gasteiger partial charge in [0.2, 0.25) is 0 Å². The Morgan fingerprint density at radius 1 is 0.438 bits per heavy atom. The minimum Gasteiger partial charge on any atom is -0.422 e. The van der Waals surface area contributed by atoms with Gasteiger partial charge in [0.05, 0.1) is 67.4 Å². The molecule has 0 saturated carbocycles. The first-order valence-electron chi connectivity index (χ1n) is 45.7. The summed E-state index contributed by atoms with van der Waals surface area (Å²) in [4.78, 5) is 103. The van der Waals surface area contributed by atoms with Gasteiger partial charge in [0.15, 0.2) is 27.9 Å². The molecular weight excluding hydrogens is 1780 g/mol. The van der Waals surface area contributed by atoms with Crippen molar-refractivity contribution in [3.63, 3.8) is 0 Å². The van der Waals surface area contributed by atoms with Crippen LogP contribution in [0.1, 0.15) is 28.5 Å². The SMILES string of the molecule is CCN1CCN(c2ccc3cc(-c4cn5cc(C)sc5n4)c(=O)oc3c2)CC1.CN1CCN(c2ccc3cc(-c4cn5cccc(F)c5n4)c(=O)oc3c2)CC1.Cc1c(-c2nc3ccccc3s2)c(=O)oc2cc(N3CCNCC3)ccc12.Cc1ccc2nc(-c3cc4ccc(CN(C)CCO)cc4oc3=O)cn2c1.O=c1oc2cc(N3CCNCC3)ccc2cc1-c1cn2cccc(F)c2n1. The molecule has 4 aliphatic heterocycles. The van der Waals surface area contributed by atoms with Crippen LogP contribution >= 0.6 is 22.7 Å². The first kappa shape index (κ1) is 90.1. The number of nitrogens with zero attached hydrogens (tertiary/aromatic N) is 16. The Morgan fingerprint density at radius 3 is 1.41 bits per heavy atom. The average Bonchev–Trinajstić information content (AvgIpc) is 1.33. The number of anilines is 4. The molecule has 0 bridgehead atoms. The summed E-state index contributed by atoms with van der Waals surface area (Å²) < 4.78 is 64.0. The van der Waals surface area contributed by atoms with Crippen molar-refractivity contribution in [1.29, 1.82) is 0 Å². The van der Waals surface area contributed by atoms with Crippen molar-refractivity contribution < 1.29 is 36.0 Å². The molecule has 696 valence electrons. The second-order valence-corrected chi connectivity index (χ2v) is 37.0. The van der Waals surface area contributed by atoms with Gasteiger partial charge in [-0.1, -0.05) is 37.3 Å². The second kappa shape index (κ2) is 39.0. The van der Waals surface area contributed by atoms with Crippen LogP contribution in [-0.2, 0) is 6.54 Å². The van der Waals surface area contributed by atoms with E-state index in [0.29, 0.717) is 91.6 Å². The minimum atomic E-state index is -0.483. The number of nitrogens with one attached hydrogen (secondary N) is 2. The molecule has 29 nitrogen and oxygen atoms in total. The molecule has 4 saturated heterocycles. The molecule has 24 rings (SSSR count). The molecule has 0 radical (unpaired) electrons. The fourth-order valence-electron chi connectivity index (χ4n) is 17.9. The maximum atomic E-state index is 13.9. The normalized spacial score (nSPS) is 14.6. The van der Waals surface area contributed by atoms with Crippen LogP contribution in [-0.4, -0.2) is 201 Å². The van der Waals surface area contributed by atoms with E-state index in [2.05, 4.69) is 97.1 Å². The lowest BCUT2D eigenvalue weighted by atomic mass is 10.1. The van der Waals surface area contributed by atoms with Crippen LogP contribution in [0.5, 0.6) is 0 Å². The molecule has 4 fully saturated rings. The fraction of sp³-hybridized carbons (Fsp3) is 0.250. The van der Waals surface area contributed by atoms with E-state index >= 15 is 0 Å². The number of likely N-dealkylation sites (N-methyl/N-ethyl adjacent to an activating group) is 3. The molecule has 18 heterocycles. The van der Waals surface area contributed by atoms with Gasteiger partial charge in [-0.05, 0) is 179 Å². The lowest BCUT2D eigenvalue weighted by Gasteiger charge is -2.35. The van der Waals surface area contributed by atoms with Gasteiger partial charge >= 0.3 is 28.1 Å². The van der Waals surface area contributed by atoms with Crippen molar-refractivity contribution in [3.8, 4) is 55.6 Å². The molecule has 137 heavy (non-hydrogen) atoms. The number of aryl methyl sites for hydroxylation is 3. The predicted molar refractivity (Wildman–Crippen MR) is 537 cm³/mol. The zero-order valence-corrected chi connectivity index (χ0v) is 77.9. The Bertz CT molecular complexity index is 8210. The summed E-state index contributed by atoms with van der Waals surface area (Å²) in [5.74, 6) is -0.870. The number of aromatic nitrogens is 9. The summed E-state index contributed by atoms with van der Waals surface area (Å²) in [5, 5.41) is 20.8. The maximum Gasteiger partial charge on any atom is 0.346 e. The van der Waals surface area contributed by atoms with Crippen molar-refractivity contribution >= 4 is 132 Å². The molecule has 33 heteroatoms. The van der Waals surface area contributed by atoms with Crippen molar-refractivity contribution in [2.75, 3.05) is 158 Å². The van der Waals surface area contributed by atoms with Gasteiger partial charge in [-0.25, -0.2) is 57.7 Å². The molecule has 4 aliphatic rings. The van der Waals surface area contributed by atoms with Crippen LogP contribution in [0.3, 0.4) is 0 Å². The topological polar surface area (TPSA) is 300 Å². The molecule has 6 aromatic carbocycles. The number of benzene rings is 6. The first-order valence-corrected chi connectivity index (χ1v) is 47.3.